The lowest BCUT2D eigenvalue weighted by atomic mass is 10.1. The van der Waals surface area contributed by atoms with Crippen molar-refractivity contribution < 1.29 is 19.1 Å². The molecule has 0 unspecified atom stereocenters. The fourth-order valence-electron chi connectivity index (χ4n) is 2.99. The zero-order chi connectivity index (χ0) is 22.8. The lowest BCUT2D eigenvalue weighted by Crippen LogP contribution is -2.26. The first kappa shape index (κ1) is 22.8. The molecule has 0 heterocycles. The summed E-state index contributed by atoms with van der Waals surface area (Å²) < 4.78 is 10.5. The number of ether oxygens (including phenoxy) is 2. The number of para-hydroxylation sites is 1. The molecule has 2 amide bonds. The maximum atomic E-state index is 12.8. The van der Waals surface area contributed by atoms with E-state index >= 15 is 0 Å². The molecule has 0 saturated heterocycles. The molecule has 3 aromatic rings. The van der Waals surface area contributed by atoms with Crippen molar-refractivity contribution in [2.45, 2.75) is 0 Å². The Kier molecular flexibility index (Phi) is 8.22. The van der Waals surface area contributed by atoms with E-state index in [4.69, 9.17) is 9.47 Å². The van der Waals surface area contributed by atoms with E-state index in [1.54, 1.807) is 43.3 Å². The van der Waals surface area contributed by atoms with Crippen LogP contribution >= 0.6 is 0 Å². The number of carbonyl (C=O) groups excluding carboxylic acids is 2. The second kappa shape index (κ2) is 11.5. The van der Waals surface area contributed by atoms with Crippen LogP contribution in [0.2, 0.25) is 0 Å². The fraction of sp³-hybridized carbons (Fsp3) is 0.200. The molecule has 32 heavy (non-hydrogen) atoms. The van der Waals surface area contributed by atoms with Crippen LogP contribution < -0.4 is 20.3 Å². The number of hydrogen-bond donors (Lipinski definition) is 2. The Morgan fingerprint density at radius 3 is 2.34 bits per heavy atom. The summed E-state index contributed by atoms with van der Waals surface area (Å²) in [5, 5.41) is 5.89. The summed E-state index contributed by atoms with van der Waals surface area (Å²) in [6.45, 7) is 1.09. The van der Waals surface area contributed by atoms with Gasteiger partial charge in [-0.3, -0.25) is 9.59 Å². The summed E-state index contributed by atoms with van der Waals surface area (Å²) in [6.07, 6.45) is 0. The highest BCUT2D eigenvalue weighted by Gasteiger charge is 2.14. The van der Waals surface area contributed by atoms with Crippen molar-refractivity contribution in [1.82, 2.24) is 0 Å². The molecule has 0 aliphatic carbocycles. The zero-order valence-electron chi connectivity index (χ0n) is 18.2. The van der Waals surface area contributed by atoms with Gasteiger partial charge in [-0.2, -0.15) is 0 Å². The van der Waals surface area contributed by atoms with Crippen LogP contribution in [0.1, 0.15) is 10.4 Å². The molecule has 3 aromatic carbocycles. The lowest BCUT2D eigenvalue weighted by Gasteiger charge is -2.17. The maximum absolute atomic E-state index is 12.8. The molecule has 0 bridgehead atoms. The van der Waals surface area contributed by atoms with E-state index < -0.39 is 0 Å². The first-order chi connectivity index (χ1) is 15.6. The van der Waals surface area contributed by atoms with Gasteiger partial charge in [-0.05, 0) is 54.6 Å². The SMILES string of the molecule is COCCOc1ccc(NCC(=O)Nc2cccc(C(=O)N(C)c3ccccc3)c2)cc1. The molecule has 2 N–H and O–H groups in total. The van der Waals surface area contributed by atoms with E-state index in [-0.39, 0.29) is 18.4 Å². The Hall–Kier alpha value is -3.84. The highest BCUT2D eigenvalue weighted by Crippen LogP contribution is 2.18. The minimum absolute atomic E-state index is 0.0893. The molecule has 7 heteroatoms. The molecule has 0 aliphatic rings. The maximum Gasteiger partial charge on any atom is 0.258 e. The third kappa shape index (κ3) is 6.58. The van der Waals surface area contributed by atoms with Gasteiger partial charge in [0, 0.05) is 36.8 Å². The Bertz CT molecular complexity index is 1020. The van der Waals surface area contributed by atoms with Gasteiger partial charge in [-0.25, -0.2) is 0 Å². The van der Waals surface area contributed by atoms with Crippen LogP contribution in [-0.2, 0) is 9.53 Å². The molecule has 166 valence electrons. The van der Waals surface area contributed by atoms with Crippen molar-refractivity contribution in [2.24, 2.45) is 0 Å². The van der Waals surface area contributed by atoms with Gasteiger partial charge < -0.3 is 25.0 Å². The number of nitrogens with one attached hydrogen (secondary N) is 2. The summed E-state index contributed by atoms with van der Waals surface area (Å²) in [6, 6.07) is 23.6. The van der Waals surface area contributed by atoms with E-state index in [1.807, 2.05) is 54.6 Å². The first-order valence-corrected chi connectivity index (χ1v) is 10.3. The van der Waals surface area contributed by atoms with Gasteiger partial charge in [-0.15, -0.1) is 0 Å². The molecule has 0 atom stereocenters. The highest BCUT2D eigenvalue weighted by molar-refractivity contribution is 6.06. The van der Waals surface area contributed by atoms with Crippen LogP contribution in [0.15, 0.2) is 78.9 Å². The largest absolute Gasteiger partial charge is 0.491 e. The average Bonchev–Trinajstić information content (AvgIpc) is 2.83. The number of anilines is 3. The highest BCUT2D eigenvalue weighted by atomic mass is 16.5. The van der Waals surface area contributed by atoms with E-state index in [2.05, 4.69) is 10.6 Å². The van der Waals surface area contributed by atoms with E-state index in [9.17, 15) is 9.59 Å². The average molecular weight is 434 g/mol. The molecule has 0 radical (unpaired) electrons. The zero-order valence-corrected chi connectivity index (χ0v) is 18.2. The van der Waals surface area contributed by atoms with Gasteiger partial charge in [0.05, 0.1) is 13.2 Å². The topological polar surface area (TPSA) is 79.9 Å². The van der Waals surface area contributed by atoms with Crippen molar-refractivity contribution in [1.29, 1.82) is 0 Å². The number of amides is 2. The van der Waals surface area contributed by atoms with Gasteiger partial charge in [0.1, 0.15) is 12.4 Å². The quantitative estimate of drug-likeness (QED) is 0.472. The van der Waals surface area contributed by atoms with Crippen LogP contribution in [0.4, 0.5) is 17.1 Å². The van der Waals surface area contributed by atoms with Crippen molar-refractivity contribution in [2.75, 3.05) is 49.4 Å². The monoisotopic (exact) mass is 433 g/mol. The van der Waals surface area contributed by atoms with Gasteiger partial charge in [-0.1, -0.05) is 24.3 Å². The Morgan fingerprint density at radius 1 is 0.875 bits per heavy atom. The molecule has 0 spiro atoms. The molecule has 7 nitrogen and oxygen atoms in total. The summed E-state index contributed by atoms with van der Waals surface area (Å²) in [5.41, 5.74) is 2.65. The van der Waals surface area contributed by atoms with E-state index in [1.165, 1.54) is 0 Å². The first-order valence-electron chi connectivity index (χ1n) is 10.3. The van der Waals surface area contributed by atoms with Crippen LogP contribution in [0.5, 0.6) is 5.75 Å². The van der Waals surface area contributed by atoms with Crippen molar-refractivity contribution >= 4 is 28.9 Å². The number of carbonyl (C=O) groups is 2. The Balaban J connectivity index is 1.52. The lowest BCUT2D eigenvalue weighted by molar-refractivity contribution is -0.114. The number of benzene rings is 3. The third-order valence-corrected chi connectivity index (χ3v) is 4.70. The Labute approximate surface area is 188 Å². The molecule has 0 saturated carbocycles. The third-order valence-electron chi connectivity index (χ3n) is 4.70. The van der Waals surface area contributed by atoms with Crippen molar-refractivity contribution in [3.63, 3.8) is 0 Å². The molecular formula is C25H27N3O4. The molecular weight excluding hydrogens is 406 g/mol. The molecule has 0 aromatic heterocycles. The predicted molar refractivity (Wildman–Crippen MR) is 127 cm³/mol. The molecule has 3 rings (SSSR count). The summed E-state index contributed by atoms with van der Waals surface area (Å²) in [4.78, 5) is 26.7. The minimum atomic E-state index is -0.216. The van der Waals surface area contributed by atoms with Crippen molar-refractivity contribution in [3.8, 4) is 5.75 Å². The molecule has 0 aliphatic heterocycles. The summed E-state index contributed by atoms with van der Waals surface area (Å²) >= 11 is 0. The summed E-state index contributed by atoms with van der Waals surface area (Å²) in [7, 11) is 3.35. The number of rotatable bonds is 10. The standard InChI is InChI=1S/C25H27N3O4/c1-28(22-9-4-3-5-10-22)25(30)19-7-6-8-21(17-19)27-24(29)18-26-20-11-13-23(14-12-20)32-16-15-31-2/h3-14,17,26H,15-16,18H2,1-2H3,(H,27,29). The normalized spacial score (nSPS) is 10.3. The van der Waals surface area contributed by atoms with Gasteiger partial charge in [0.2, 0.25) is 5.91 Å². The smallest absolute Gasteiger partial charge is 0.258 e. The molecule has 0 fully saturated rings. The minimum Gasteiger partial charge on any atom is -0.491 e. The second-order valence-corrected chi connectivity index (χ2v) is 7.05. The van der Waals surface area contributed by atoms with Crippen LogP contribution in [-0.4, -0.2) is 45.7 Å². The van der Waals surface area contributed by atoms with Gasteiger partial charge in [0.15, 0.2) is 0 Å². The van der Waals surface area contributed by atoms with Crippen LogP contribution in [0.25, 0.3) is 0 Å². The summed E-state index contributed by atoms with van der Waals surface area (Å²) in [5.74, 6) is 0.365. The Morgan fingerprint density at radius 2 is 1.62 bits per heavy atom. The predicted octanol–water partition coefficient (Wildman–Crippen LogP) is 4.04. The van der Waals surface area contributed by atoms with Crippen LogP contribution in [0, 0.1) is 0 Å². The number of nitrogens with zero attached hydrogens (tertiary/aromatic N) is 1. The fourth-order valence-corrected chi connectivity index (χ4v) is 2.99. The van der Waals surface area contributed by atoms with Crippen molar-refractivity contribution in [3.05, 3.63) is 84.4 Å². The van der Waals surface area contributed by atoms with E-state index in [0.29, 0.717) is 24.5 Å². The number of hydrogen-bond acceptors (Lipinski definition) is 5. The second-order valence-electron chi connectivity index (χ2n) is 7.05. The number of methoxy groups -OCH3 is 1. The van der Waals surface area contributed by atoms with Gasteiger partial charge >= 0.3 is 0 Å². The van der Waals surface area contributed by atoms with Crippen LogP contribution in [0.3, 0.4) is 0 Å². The van der Waals surface area contributed by atoms with Gasteiger partial charge in [0.25, 0.3) is 5.91 Å². The van der Waals surface area contributed by atoms with E-state index in [0.717, 1.165) is 17.1 Å².